The van der Waals surface area contributed by atoms with Gasteiger partial charge in [-0.05, 0) is 47.7 Å². The largest absolute Gasteiger partial charge is 0.457 e. The Morgan fingerprint density at radius 1 is 0.500 bits per heavy atom. The van der Waals surface area contributed by atoms with Gasteiger partial charge < -0.3 is 46.9 Å². The van der Waals surface area contributed by atoms with E-state index in [0.29, 0.717) is 16.7 Å². The number of esters is 1. The molecule has 0 radical (unpaired) electrons. The number of hydrogen-bond acceptors (Lipinski definition) is 10. The van der Waals surface area contributed by atoms with Gasteiger partial charge in [-0.3, -0.25) is 19.2 Å². The normalized spacial score (nSPS) is 11.5. The van der Waals surface area contributed by atoms with Crippen LogP contribution in [0.1, 0.15) is 52.7 Å². The van der Waals surface area contributed by atoms with Crippen molar-refractivity contribution in [1.82, 2.24) is 10.6 Å². The predicted octanol–water partition coefficient (Wildman–Crippen LogP) is 4.04. The molecule has 4 aromatic carbocycles. The molecule has 0 heterocycles. The van der Waals surface area contributed by atoms with Crippen LogP contribution in [0, 0.1) is 0 Å². The van der Waals surface area contributed by atoms with Crippen LogP contribution >= 0.6 is 0 Å². The van der Waals surface area contributed by atoms with E-state index < -0.39 is 53.9 Å². The Morgan fingerprint density at radius 3 is 1.21 bits per heavy atom. The number of benzene rings is 4. The van der Waals surface area contributed by atoms with Crippen molar-refractivity contribution < 1.29 is 47.8 Å². The third-order valence-electron chi connectivity index (χ3n) is 7.92. The molecule has 0 unspecified atom stereocenters. The van der Waals surface area contributed by atoms with E-state index in [-0.39, 0.29) is 62.4 Å². The van der Waals surface area contributed by atoms with Crippen LogP contribution in [0.25, 0.3) is 0 Å². The zero-order valence-corrected chi connectivity index (χ0v) is 30.2. The maximum atomic E-state index is 13.6. The predicted molar refractivity (Wildman–Crippen MR) is 203 cm³/mol. The highest BCUT2D eigenvalue weighted by Gasteiger charge is 2.25. The van der Waals surface area contributed by atoms with Gasteiger partial charge in [-0.25, -0.2) is 14.4 Å². The van der Waals surface area contributed by atoms with Gasteiger partial charge in [0.2, 0.25) is 23.6 Å². The second-order valence-electron chi connectivity index (χ2n) is 12.4. The summed E-state index contributed by atoms with van der Waals surface area (Å²) in [5, 5.41) is 10.0. The molecule has 8 N–H and O–H groups in total. The van der Waals surface area contributed by atoms with Gasteiger partial charge in [0.15, 0.2) is 0 Å². The molecule has 16 nitrogen and oxygen atoms in total. The molecular formula is C40H42N6O10. The summed E-state index contributed by atoms with van der Waals surface area (Å²) in [6, 6.07) is 27.7. The van der Waals surface area contributed by atoms with Crippen LogP contribution in [-0.2, 0) is 53.2 Å². The van der Waals surface area contributed by atoms with Gasteiger partial charge in [-0.1, -0.05) is 91.0 Å². The van der Waals surface area contributed by atoms with E-state index >= 15 is 0 Å². The highest BCUT2D eigenvalue weighted by molar-refractivity contribution is 6.02. The summed E-state index contributed by atoms with van der Waals surface area (Å²) in [4.78, 5) is 89.0. The number of nitrogens with one attached hydrogen (secondary N) is 4. The molecule has 0 fully saturated rings. The van der Waals surface area contributed by atoms with Gasteiger partial charge in [0.05, 0.1) is 5.56 Å². The van der Waals surface area contributed by atoms with E-state index in [1.54, 1.807) is 91.0 Å². The number of alkyl carbamates (subject to hydrolysis) is 2. The summed E-state index contributed by atoms with van der Waals surface area (Å²) < 4.78 is 16.0. The average Bonchev–Trinajstić information content (AvgIpc) is 3.19. The summed E-state index contributed by atoms with van der Waals surface area (Å²) in [7, 11) is 0. The first-order chi connectivity index (χ1) is 26.9. The number of hydrogen-bond donors (Lipinski definition) is 6. The first kappa shape index (κ1) is 41.5. The highest BCUT2D eigenvalue weighted by atomic mass is 16.6. The van der Waals surface area contributed by atoms with E-state index in [1.807, 2.05) is 0 Å². The molecule has 4 aromatic rings. The maximum Gasteiger partial charge on any atom is 0.408 e. The van der Waals surface area contributed by atoms with Crippen LogP contribution in [0.2, 0.25) is 0 Å². The van der Waals surface area contributed by atoms with Crippen LogP contribution < -0.4 is 32.7 Å². The van der Waals surface area contributed by atoms with Crippen molar-refractivity contribution >= 4 is 53.2 Å². The average molecular weight is 767 g/mol. The zero-order chi connectivity index (χ0) is 40.3. The first-order valence-corrected chi connectivity index (χ1v) is 17.4. The minimum atomic E-state index is -1.32. The molecule has 0 aliphatic rings. The van der Waals surface area contributed by atoms with Crippen LogP contribution in [0.5, 0.6) is 0 Å². The molecule has 6 amide bonds. The van der Waals surface area contributed by atoms with E-state index in [1.165, 1.54) is 18.2 Å². The second-order valence-corrected chi connectivity index (χ2v) is 12.4. The Bertz CT molecular complexity index is 1870. The Kier molecular flexibility index (Phi) is 15.9. The standard InChI is InChI=1S/C40H42N6O10/c41-34(47)18-16-32(45-39(52)55-24-27-12-6-2-7-13-27)36(49)43-30-20-29(38(51)54-23-26-10-4-1-5-11-26)21-31(22-30)44-37(50)33(17-19-35(42)48)46-40(53)56-25-28-14-8-3-9-15-28/h1-15,20-22,32-33H,16-19,23-25H2,(H2,41,47)(H2,42,48)(H,43,49)(H,44,50)(H,45,52)(H,46,53)/t32-,33-/m0/s1. The van der Waals surface area contributed by atoms with Crippen LogP contribution in [-0.4, -0.2) is 53.9 Å². The van der Waals surface area contributed by atoms with Crippen LogP contribution in [0.4, 0.5) is 21.0 Å². The van der Waals surface area contributed by atoms with E-state index in [2.05, 4.69) is 21.3 Å². The van der Waals surface area contributed by atoms with Gasteiger partial charge in [0.25, 0.3) is 0 Å². The van der Waals surface area contributed by atoms with Crippen molar-refractivity contribution in [2.45, 2.75) is 57.6 Å². The number of carbonyl (C=O) groups is 7. The van der Waals surface area contributed by atoms with Crippen molar-refractivity contribution in [3.05, 3.63) is 131 Å². The van der Waals surface area contributed by atoms with Gasteiger partial charge in [0.1, 0.15) is 31.9 Å². The molecule has 0 aliphatic carbocycles. The lowest BCUT2D eigenvalue weighted by atomic mass is 10.1. The molecule has 16 heteroatoms. The maximum absolute atomic E-state index is 13.6. The summed E-state index contributed by atoms with van der Waals surface area (Å²) in [6.45, 7) is -0.271. The fourth-order valence-corrected chi connectivity index (χ4v) is 5.08. The summed E-state index contributed by atoms with van der Waals surface area (Å²) in [6.07, 6.45) is -2.81. The lowest BCUT2D eigenvalue weighted by Gasteiger charge is -2.20. The summed E-state index contributed by atoms with van der Waals surface area (Å²) >= 11 is 0. The minimum absolute atomic E-state index is 0.0214. The third-order valence-corrected chi connectivity index (χ3v) is 7.92. The van der Waals surface area contributed by atoms with Crippen molar-refractivity contribution in [3.8, 4) is 0 Å². The SMILES string of the molecule is NC(=O)CC[C@H](NC(=O)OCc1ccccc1)C(=O)Nc1cc(NC(=O)[C@H](CCC(N)=O)NC(=O)OCc2ccccc2)cc(C(=O)OCc2ccccc2)c1. The summed E-state index contributed by atoms with van der Waals surface area (Å²) in [5.41, 5.74) is 12.6. The van der Waals surface area contributed by atoms with Gasteiger partial charge in [0, 0.05) is 24.2 Å². The number of nitrogens with two attached hydrogens (primary N) is 2. The van der Waals surface area contributed by atoms with Crippen molar-refractivity contribution in [2.24, 2.45) is 11.5 Å². The molecule has 0 aliphatic heterocycles. The highest BCUT2D eigenvalue weighted by Crippen LogP contribution is 2.22. The van der Waals surface area contributed by atoms with Crippen LogP contribution in [0.15, 0.2) is 109 Å². The topological polar surface area (TPSA) is 247 Å². The number of amides is 6. The van der Waals surface area contributed by atoms with E-state index in [4.69, 9.17) is 25.7 Å². The zero-order valence-electron chi connectivity index (χ0n) is 30.2. The number of primary amides is 2. The smallest absolute Gasteiger partial charge is 0.408 e. The van der Waals surface area contributed by atoms with Crippen LogP contribution in [0.3, 0.4) is 0 Å². The lowest BCUT2D eigenvalue weighted by molar-refractivity contribution is -0.121. The Labute approximate surface area is 322 Å². The molecule has 0 saturated heterocycles. The monoisotopic (exact) mass is 766 g/mol. The van der Waals surface area contributed by atoms with Crippen molar-refractivity contribution in [3.63, 3.8) is 0 Å². The van der Waals surface area contributed by atoms with Gasteiger partial charge in [-0.2, -0.15) is 0 Å². The Hall–Kier alpha value is -7.23. The quantitative estimate of drug-likeness (QED) is 0.0590. The molecule has 292 valence electrons. The fraction of sp³-hybridized carbons (Fsp3) is 0.225. The molecule has 0 spiro atoms. The Balaban J connectivity index is 1.54. The van der Waals surface area contributed by atoms with Gasteiger partial charge >= 0.3 is 18.2 Å². The number of rotatable bonds is 19. The lowest BCUT2D eigenvalue weighted by Crippen LogP contribution is -2.45. The fourth-order valence-electron chi connectivity index (χ4n) is 5.08. The van der Waals surface area contributed by atoms with E-state index in [9.17, 15) is 33.6 Å². The third kappa shape index (κ3) is 14.7. The second kappa shape index (κ2) is 21.5. The van der Waals surface area contributed by atoms with Crippen molar-refractivity contribution in [1.29, 1.82) is 0 Å². The number of ether oxygens (including phenoxy) is 3. The molecule has 56 heavy (non-hydrogen) atoms. The minimum Gasteiger partial charge on any atom is -0.457 e. The molecule has 0 bridgehead atoms. The molecule has 0 saturated carbocycles. The molecule has 4 rings (SSSR count). The number of anilines is 2. The molecule has 0 aromatic heterocycles. The molecular weight excluding hydrogens is 724 g/mol. The molecule has 2 atom stereocenters. The number of carbonyl (C=O) groups excluding carboxylic acids is 7. The summed E-state index contributed by atoms with van der Waals surface area (Å²) in [5.74, 6) is -3.88. The Morgan fingerprint density at radius 2 is 0.857 bits per heavy atom. The van der Waals surface area contributed by atoms with Gasteiger partial charge in [-0.15, -0.1) is 0 Å². The van der Waals surface area contributed by atoms with Crippen molar-refractivity contribution in [2.75, 3.05) is 10.6 Å². The van der Waals surface area contributed by atoms with E-state index in [0.717, 1.165) is 0 Å². The first-order valence-electron chi connectivity index (χ1n) is 17.4.